The Hall–Kier alpha value is -1.88. The summed E-state index contributed by atoms with van der Waals surface area (Å²) in [7, 11) is 0. The summed E-state index contributed by atoms with van der Waals surface area (Å²) < 4.78 is 53.9. The van der Waals surface area contributed by atoms with Gasteiger partial charge in [0.1, 0.15) is 29.4 Å². The molecule has 0 spiro atoms. The number of aliphatic hydroxyl groups excluding tert-OH is 1. The highest BCUT2D eigenvalue weighted by Gasteiger charge is 2.23. The summed E-state index contributed by atoms with van der Waals surface area (Å²) in [6, 6.07) is 4.52. The molecular weight excluding hydrogens is 260 g/mol. The zero-order valence-corrected chi connectivity index (χ0v) is 9.92. The van der Waals surface area contributed by atoms with E-state index in [4.69, 9.17) is 0 Å². The number of halogens is 4. The number of aliphatic hydroxyl groups is 1. The molecule has 5 heteroatoms. The molecule has 100 valence electrons. The molecule has 2 aromatic carbocycles. The maximum Gasteiger partial charge on any atom is 0.135 e. The van der Waals surface area contributed by atoms with Crippen LogP contribution >= 0.6 is 0 Å². The molecule has 0 fully saturated rings. The molecule has 1 atom stereocenters. The van der Waals surface area contributed by atoms with Crippen molar-refractivity contribution in [1.82, 2.24) is 0 Å². The smallest absolute Gasteiger partial charge is 0.135 e. The van der Waals surface area contributed by atoms with E-state index in [0.29, 0.717) is 6.07 Å². The minimum Gasteiger partial charge on any atom is -0.383 e. The minimum absolute atomic E-state index is 0.104. The van der Waals surface area contributed by atoms with Crippen LogP contribution in [0.1, 0.15) is 22.8 Å². The second-order valence-electron chi connectivity index (χ2n) is 4.16. The van der Waals surface area contributed by atoms with Crippen molar-refractivity contribution in [3.8, 4) is 0 Å². The van der Waals surface area contributed by atoms with Gasteiger partial charge < -0.3 is 5.11 Å². The highest BCUT2D eigenvalue weighted by molar-refractivity contribution is 5.35. The molecule has 0 bridgehead atoms. The molecule has 19 heavy (non-hydrogen) atoms. The van der Waals surface area contributed by atoms with Gasteiger partial charge in [0.15, 0.2) is 0 Å². The standard InChI is InChI=1S/C14H10F4O/c1-7-2-4-11(17)12(13(7)18)14(19)9-6-8(15)3-5-10(9)16/h2-6,14,19H,1H3. The molecule has 0 radical (unpaired) electrons. The van der Waals surface area contributed by atoms with E-state index in [0.717, 1.165) is 18.2 Å². The molecule has 2 aromatic rings. The Morgan fingerprint density at radius 1 is 0.947 bits per heavy atom. The van der Waals surface area contributed by atoms with Crippen LogP contribution in [0.25, 0.3) is 0 Å². The van der Waals surface area contributed by atoms with Crippen LogP contribution in [0.2, 0.25) is 0 Å². The van der Waals surface area contributed by atoms with Gasteiger partial charge in [-0.2, -0.15) is 0 Å². The van der Waals surface area contributed by atoms with Crippen LogP contribution in [-0.2, 0) is 0 Å². The molecule has 1 nitrogen and oxygen atoms in total. The predicted octanol–water partition coefficient (Wildman–Crippen LogP) is 3.63. The third-order valence-electron chi connectivity index (χ3n) is 2.85. The van der Waals surface area contributed by atoms with E-state index < -0.39 is 40.5 Å². The average molecular weight is 270 g/mol. The van der Waals surface area contributed by atoms with Gasteiger partial charge in [0, 0.05) is 5.56 Å². The third-order valence-corrected chi connectivity index (χ3v) is 2.85. The summed E-state index contributed by atoms with van der Waals surface area (Å²) in [5, 5.41) is 9.90. The minimum atomic E-state index is -1.91. The Morgan fingerprint density at radius 2 is 1.58 bits per heavy atom. The fourth-order valence-corrected chi connectivity index (χ4v) is 1.81. The van der Waals surface area contributed by atoms with Gasteiger partial charge in [0.25, 0.3) is 0 Å². The molecule has 2 rings (SSSR count). The molecule has 0 heterocycles. The van der Waals surface area contributed by atoms with E-state index >= 15 is 0 Å². The number of aryl methyl sites for hydroxylation is 1. The first kappa shape index (κ1) is 13.5. The second-order valence-corrected chi connectivity index (χ2v) is 4.16. The fourth-order valence-electron chi connectivity index (χ4n) is 1.81. The van der Waals surface area contributed by atoms with Crippen LogP contribution in [0.5, 0.6) is 0 Å². The Morgan fingerprint density at radius 3 is 2.26 bits per heavy atom. The molecule has 0 aliphatic rings. The first-order chi connectivity index (χ1) is 8.91. The molecule has 0 saturated carbocycles. The lowest BCUT2D eigenvalue weighted by atomic mass is 9.98. The van der Waals surface area contributed by atoms with Gasteiger partial charge in [-0.15, -0.1) is 0 Å². The lowest BCUT2D eigenvalue weighted by molar-refractivity contribution is 0.203. The maximum atomic E-state index is 13.8. The van der Waals surface area contributed by atoms with Crippen LogP contribution in [-0.4, -0.2) is 5.11 Å². The zero-order chi connectivity index (χ0) is 14.2. The van der Waals surface area contributed by atoms with E-state index in [2.05, 4.69) is 0 Å². The van der Waals surface area contributed by atoms with Gasteiger partial charge >= 0.3 is 0 Å². The summed E-state index contributed by atoms with van der Waals surface area (Å²) in [4.78, 5) is 0. The molecule has 1 N–H and O–H groups in total. The topological polar surface area (TPSA) is 20.2 Å². The van der Waals surface area contributed by atoms with E-state index in [1.807, 2.05) is 0 Å². The lowest BCUT2D eigenvalue weighted by Crippen LogP contribution is -2.09. The summed E-state index contributed by atoms with van der Waals surface area (Å²) in [6.45, 7) is 1.38. The Kier molecular flexibility index (Phi) is 3.57. The maximum absolute atomic E-state index is 13.8. The number of benzene rings is 2. The number of hydrogen-bond donors (Lipinski definition) is 1. The second kappa shape index (κ2) is 5.01. The Labute approximate surface area is 107 Å². The van der Waals surface area contributed by atoms with Crippen LogP contribution in [0.3, 0.4) is 0 Å². The number of hydrogen-bond acceptors (Lipinski definition) is 1. The third kappa shape index (κ3) is 2.46. The highest BCUT2D eigenvalue weighted by atomic mass is 19.1. The van der Waals surface area contributed by atoms with Crippen LogP contribution in [0.4, 0.5) is 17.6 Å². The number of rotatable bonds is 2. The highest BCUT2D eigenvalue weighted by Crippen LogP contribution is 2.30. The monoisotopic (exact) mass is 270 g/mol. The molecule has 1 unspecified atom stereocenters. The summed E-state index contributed by atoms with van der Waals surface area (Å²) >= 11 is 0. The molecule has 0 aliphatic heterocycles. The summed E-state index contributed by atoms with van der Waals surface area (Å²) in [6.07, 6.45) is -1.91. The molecule has 0 aromatic heterocycles. The average Bonchev–Trinajstić information content (AvgIpc) is 2.37. The van der Waals surface area contributed by atoms with Crippen LogP contribution in [0, 0.1) is 30.2 Å². The SMILES string of the molecule is Cc1ccc(F)c(C(O)c2cc(F)ccc2F)c1F. The molecule has 0 aliphatic carbocycles. The van der Waals surface area contributed by atoms with Crippen molar-refractivity contribution in [2.45, 2.75) is 13.0 Å². The largest absolute Gasteiger partial charge is 0.383 e. The van der Waals surface area contributed by atoms with Crippen molar-refractivity contribution in [1.29, 1.82) is 0 Å². The van der Waals surface area contributed by atoms with E-state index in [-0.39, 0.29) is 5.56 Å². The normalized spacial score (nSPS) is 12.5. The first-order valence-corrected chi connectivity index (χ1v) is 5.49. The van der Waals surface area contributed by atoms with Crippen LogP contribution in [0.15, 0.2) is 30.3 Å². The molecular formula is C14H10F4O. The first-order valence-electron chi connectivity index (χ1n) is 5.49. The summed E-state index contributed by atoms with van der Waals surface area (Å²) in [5.41, 5.74) is -1.10. The zero-order valence-electron chi connectivity index (χ0n) is 9.92. The Bertz CT molecular complexity index is 625. The van der Waals surface area contributed by atoms with Gasteiger partial charge in [-0.1, -0.05) is 6.07 Å². The van der Waals surface area contributed by atoms with Crippen molar-refractivity contribution in [2.24, 2.45) is 0 Å². The van der Waals surface area contributed by atoms with Gasteiger partial charge in [0.05, 0.1) is 5.56 Å². The van der Waals surface area contributed by atoms with Crippen molar-refractivity contribution in [2.75, 3.05) is 0 Å². The van der Waals surface area contributed by atoms with Crippen molar-refractivity contribution < 1.29 is 22.7 Å². The lowest BCUT2D eigenvalue weighted by Gasteiger charge is -2.15. The van der Waals surface area contributed by atoms with Crippen molar-refractivity contribution >= 4 is 0 Å². The van der Waals surface area contributed by atoms with Crippen molar-refractivity contribution in [3.05, 3.63) is 70.3 Å². The Balaban J connectivity index is 2.59. The van der Waals surface area contributed by atoms with Crippen molar-refractivity contribution in [3.63, 3.8) is 0 Å². The van der Waals surface area contributed by atoms with Gasteiger partial charge in [0.2, 0.25) is 0 Å². The van der Waals surface area contributed by atoms with Gasteiger partial charge in [-0.25, -0.2) is 17.6 Å². The molecule has 0 amide bonds. The fraction of sp³-hybridized carbons (Fsp3) is 0.143. The van der Waals surface area contributed by atoms with Crippen LogP contribution < -0.4 is 0 Å². The summed E-state index contributed by atoms with van der Waals surface area (Å²) in [5.74, 6) is -3.73. The predicted molar refractivity (Wildman–Crippen MR) is 61.5 cm³/mol. The quantitative estimate of drug-likeness (QED) is 0.826. The van der Waals surface area contributed by atoms with E-state index in [1.54, 1.807) is 0 Å². The van der Waals surface area contributed by atoms with E-state index in [1.165, 1.54) is 13.0 Å². The van der Waals surface area contributed by atoms with Gasteiger partial charge in [-0.3, -0.25) is 0 Å². The van der Waals surface area contributed by atoms with E-state index in [9.17, 15) is 22.7 Å². The van der Waals surface area contributed by atoms with Gasteiger partial charge in [-0.05, 0) is 36.8 Å². The molecule has 0 saturated heterocycles.